The largest absolute Gasteiger partial charge is 0.361 e. The lowest BCUT2D eigenvalue weighted by Crippen LogP contribution is -2.27. The zero-order chi connectivity index (χ0) is 8.98. The quantitative estimate of drug-likeness (QED) is 0.695. The first kappa shape index (κ1) is 7.67. The zero-order valence-electron chi connectivity index (χ0n) is 6.47. The molecule has 2 rings (SSSR count). The van der Waals surface area contributed by atoms with Crippen LogP contribution < -0.4 is 5.73 Å². The average Bonchev–Trinajstić information content (AvgIpc) is 2.37. The van der Waals surface area contributed by atoms with Crippen molar-refractivity contribution < 1.29 is 13.3 Å². The summed E-state index contributed by atoms with van der Waals surface area (Å²) in [4.78, 5) is 0. The fourth-order valence-electron chi connectivity index (χ4n) is 1.16. The maximum absolute atomic E-state index is 12.7. The number of hydrogen-bond acceptors (Lipinski definition) is 3. The first-order chi connectivity index (χ1) is 5.46. The highest BCUT2D eigenvalue weighted by atomic mass is 19.3. The first-order valence-corrected chi connectivity index (χ1v) is 3.56. The normalized spacial score (nSPS) is 32.0. The van der Waals surface area contributed by atoms with Crippen LogP contribution in [0.5, 0.6) is 0 Å². The van der Waals surface area contributed by atoms with Crippen LogP contribution in [0.1, 0.15) is 17.9 Å². The van der Waals surface area contributed by atoms with Crippen LogP contribution in [-0.4, -0.2) is 11.1 Å². The molecular weight excluding hydrogens is 166 g/mol. The van der Waals surface area contributed by atoms with Crippen LogP contribution in [0.2, 0.25) is 0 Å². The number of aryl methyl sites for hydroxylation is 1. The van der Waals surface area contributed by atoms with Crippen molar-refractivity contribution in [3.8, 4) is 0 Å². The average molecular weight is 174 g/mol. The minimum Gasteiger partial charge on any atom is -0.361 e. The first-order valence-electron chi connectivity index (χ1n) is 3.56. The number of hydrogen-bond donors (Lipinski definition) is 1. The van der Waals surface area contributed by atoms with E-state index in [1.807, 2.05) is 0 Å². The second-order valence-electron chi connectivity index (χ2n) is 3.18. The van der Waals surface area contributed by atoms with E-state index in [1.165, 1.54) is 6.07 Å². The van der Waals surface area contributed by atoms with E-state index in [2.05, 4.69) is 9.68 Å². The standard InChI is InChI=1S/C7H8F2N2O/c1-4-2-5(11-12-4)6(10)3-7(6,8)9/h2H,3,10H2,1H3. The van der Waals surface area contributed by atoms with Crippen LogP contribution in [0.25, 0.3) is 0 Å². The van der Waals surface area contributed by atoms with E-state index in [0.29, 0.717) is 5.76 Å². The van der Waals surface area contributed by atoms with Gasteiger partial charge in [-0.25, -0.2) is 8.78 Å². The summed E-state index contributed by atoms with van der Waals surface area (Å²) in [5.74, 6) is -2.33. The SMILES string of the molecule is Cc1cc(C2(N)CC2(F)F)no1. The van der Waals surface area contributed by atoms with Gasteiger partial charge in [-0.1, -0.05) is 5.16 Å². The summed E-state index contributed by atoms with van der Waals surface area (Å²) in [5.41, 5.74) is 3.95. The third-order valence-electron chi connectivity index (χ3n) is 2.11. The Morgan fingerprint density at radius 1 is 1.67 bits per heavy atom. The number of nitrogens with two attached hydrogens (primary N) is 1. The molecule has 0 aromatic carbocycles. The second-order valence-corrected chi connectivity index (χ2v) is 3.18. The molecule has 1 unspecified atom stereocenters. The van der Waals surface area contributed by atoms with Gasteiger partial charge >= 0.3 is 0 Å². The predicted molar refractivity (Wildman–Crippen MR) is 36.7 cm³/mol. The minimum atomic E-state index is -2.82. The maximum Gasteiger partial charge on any atom is 0.274 e. The number of rotatable bonds is 1. The van der Waals surface area contributed by atoms with Crippen molar-refractivity contribution in [1.29, 1.82) is 0 Å². The van der Waals surface area contributed by atoms with E-state index < -0.39 is 11.5 Å². The van der Waals surface area contributed by atoms with Gasteiger partial charge in [0, 0.05) is 12.5 Å². The van der Waals surface area contributed by atoms with Gasteiger partial charge in [0.15, 0.2) is 0 Å². The van der Waals surface area contributed by atoms with Crippen molar-refractivity contribution in [3.05, 3.63) is 17.5 Å². The highest BCUT2D eigenvalue weighted by molar-refractivity contribution is 5.30. The molecule has 1 atom stereocenters. The smallest absolute Gasteiger partial charge is 0.274 e. The van der Waals surface area contributed by atoms with Crippen LogP contribution in [0.3, 0.4) is 0 Å². The lowest BCUT2D eigenvalue weighted by Gasteiger charge is -2.03. The van der Waals surface area contributed by atoms with E-state index in [9.17, 15) is 8.78 Å². The molecule has 0 spiro atoms. The van der Waals surface area contributed by atoms with Crippen molar-refractivity contribution >= 4 is 0 Å². The monoisotopic (exact) mass is 174 g/mol. The molecule has 0 saturated heterocycles. The molecule has 0 radical (unpaired) electrons. The number of alkyl halides is 2. The molecule has 1 aliphatic rings. The van der Waals surface area contributed by atoms with Crippen molar-refractivity contribution in [3.63, 3.8) is 0 Å². The van der Waals surface area contributed by atoms with Crippen molar-refractivity contribution in [2.24, 2.45) is 5.73 Å². The number of nitrogens with zero attached hydrogens (tertiary/aromatic N) is 1. The number of halogens is 2. The molecule has 3 nitrogen and oxygen atoms in total. The van der Waals surface area contributed by atoms with Gasteiger partial charge in [-0.2, -0.15) is 0 Å². The summed E-state index contributed by atoms with van der Waals surface area (Å²) < 4.78 is 30.0. The molecule has 0 amide bonds. The molecule has 12 heavy (non-hydrogen) atoms. The molecule has 5 heteroatoms. The molecule has 1 aromatic rings. The molecule has 1 saturated carbocycles. The van der Waals surface area contributed by atoms with Gasteiger partial charge in [0.25, 0.3) is 5.92 Å². The Morgan fingerprint density at radius 2 is 2.25 bits per heavy atom. The van der Waals surface area contributed by atoms with Gasteiger partial charge in [0.1, 0.15) is 17.0 Å². The molecule has 1 aromatic heterocycles. The summed E-state index contributed by atoms with van der Waals surface area (Å²) in [6.07, 6.45) is -0.341. The van der Waals surface area contributed by atoms with Gasteiger partial charge in [0.05, 0.1) is 0 Å². The molecule has 1 heterocycles. The van der Waals surface area contributed by atoms with E-state index in [1.54, 1.807) is 6.92 Å². The van der Waals surface area contributed by atoms with Crippen molar-refractivity contribution in [2.75, 3.05) is 0 Å². The van der Waals surface area contributed by atoms with Gasteiger partial charge in [0.2, 0.25) is 0 Å². The summed E-state index contributed by atoms with van der Waals surface area (Å²) >= 11 is 0. The Hall–Kier alpha value is -0.970. The van der Waals surface area contributed by atoms with Gasteiger partial charge in [-0.15, -0.1) is 0 Å². The lowest BCUT2D eigenvalue weighted by molar-refractivity contribution is 0.0871. The molecule has 66 valence electrons. The molecule has 2 N–H and O–H groups in total. The summed E-state index contributed by atoms with van der Waals surface area (Å²) in [5, 5.41) is 3.47. The van der Waals surface area contributed by atoms with E-state index in [4.69, 9.17) is 5.73 Å². The molecule has 1 aliphatic carbocycles. The fraction of sp³-hybridized carbons (Fsp3) is 0.571. The maximum atomic E-state index is 12.7. The summed E-state index contributed by atoms with van der Waals surface area (Å²) in [6, 6.07) is 1.45. The summed E-state index contributed by atoms with van der Waals surface area (Å²) in [7, 11) is 0. The predicted octanol–water partition coefficient (Wildman–Crippen LogP) is 1.18. The minimum absolute atomic E-state index is 0.144. The van der Waals surface area contributed by atoms with Crippen molar-refractivity contribution in [2.45, 2.75) is 24.8 Å². The third-order valence-corrected chi connectivity index (χ3v) is 2.11. The zero-order valence-corrected chi connectivity index (χ0v) is 6.47. The van der Waals surface area contributed by atoms with Crippen molar-refractivity contribution in [1.82, 2.24) is 5.16 Å². The highest BCUT2D eigenvalue weighted by Crippen LogP contribution is 2.57. The fourth-order valence-corrected chi connectivity index (χ4v) is 1.16. The van der Waals surface area contributed by atoms with Gasteiger partial charge in [-0.3, -0.25) is 0 Å². The number of aromatic nitrogens is 1. The second kappa shape index (κ2) is 1.85. The Balaban J connectivity index is 2.34. The Morgan fingerprint density at radius 3 is 2.58 bits per heavy atom. The van der Waals surface area contributed by atoms with E-state index >= 15 is 0 Å². The van der Waals surface area contributed by atoms with E-state index in [-0.39, 0.29) is 12.1 Å². The van der Waals surface area contributed by atoms with Crippen LogP contribution in [0.15, 0.2) is 10.6 Å². The molecule has 1 fully saturated rings. The topological polar surface area (TPSA) is 52.0 Å². The highest BCUT2D eigenvalue weighted by Gasteiger charge is 2.71. The molecule has 0 bridgehead atoms. The van der Waals surface area contributed by atoms with Crippen LogP contribution in [0, 0.1) is 6.92 Å². The molecular formula is C7H8F2N2O. The van der Waals surface area contributed by atoms with Crippen LogP contribution in [-0.2, 0) is 5.54 Å². The Labute approximate surface area is 67.5 Å². The van der Waals surface area contributed by atoms with Gasteiger partial charge < -0.3 is 10.3 Å². The lowest BCUT2D eigenvalue weighted by atomic mass is 10.2. The summed E-state index contributed by atoms with van der Waals surface area (Å²) in [6.45, 7) is 1.64. The van der Waals surface area contributed by atoms with Gasteiger partial charge in [-0.05, 0) is 6.92 Å². The van der Waals surface area contributed by atoms with Crippen LogP contribution in [0.4, 0.5) is 8.78 Å². The Kier molecular flexibility index (Phi) is 1.18. The Bertz CT molecular complexity index is 323. The molecule has 0 aliphatic heterocycles. The van der Waals surface area contributed by atoms with E-state index in [0.717, 1.165) is 0 Å². The van der Waals surface area contributed by atoms with Crippen LogP contribution >= 0.6 is 0 Å². The third kappa shape index (κ3) is 0.797.